The fourth-order valence-electron chi connectivity index (χ4n) is 2.45. The van der Waals surface area contributed by atoms with Crippen LogP contribution in [0.4, 0.5) is 8.78 Å². The van der Waals surface area contributed by atoms with Gasteiger partial charge in [-0.15, -0.1) is 0 Å². The first kappa shape index (κ1) is 16.3. The van der Waals surface area contributed by atoms with Crippen LogP contribution >= 0.6 is 0 Å². The van der Waals surface area contributed by atoms with Crippen LogP contribution in [-0.4, -0.2) is 32.8 Å². The second-order valence-electron chi connectivity index (χ2n) is 5.04. The SMILES string of the molecule is COC1CCC(NS(=O)(=O)c2cc(CO)cc(F)c2F)C1. The van der Waals surface area contributed by atoms with E-state index in [4.69, 9.17) is 9.84 Å². The minimum absolute atomic E-state index is 0.00420. The van der Waals surface area contributed by atoms with E-state index < -0.39 is 33.2 Å². The number of halogens is 2. The summed E-state index contributed by atoms with van der Waals surface area (Å²) in [5.74, 6) is -2.75. The minimum atomic E-state index is -4.19. The monoisotopic (exact) mass is 321 g/mol. The summed E-state index contributed by atoms with van der Waals surface area (Å²) in [5, 5.41) is 8.97. The van der Waals surface area contributed by atoms with Crippen LogP contribution in [-0.2, 0) is 21.4 Å². The molecule has 0 spiro atoms. The summed E-state index contributed by atoms with van der Waals surface area (Å²) in [7, 11) is -2.65. The molecular weight excluding hydrogens is 304 g/mol. The van der Waals surface area contributed by atoms with Crippen LogP contribution in [0, 0.1) is 11.6 Å². The first-order valence-electron chi connectivity index (χ1n) is 6.51. The van der Waals surface area contributed by atoms with Crippen LogP contribution in [0.2, 0.25) is 0 Å². The van der Waals surface area contributed by atoms with Gasteiger partial charge in [0.2, 0.25) is 10.0 Å². The van der Waals surface area contributed by atoms with Crippen molar-refractivity contribution in [1.29, 1.82) is 0 Å². The zero-order chi connectivity index (χ0) is 15.6. The number of hydrogen-bond donors (Lipinski definition) is 2. The Morgan fingerprint density at radius 1 is 1.38 bits per heavy atom. The van der Waals surface area contributed by atoms with E-state index in [1.807, 2.05) is 0 Å². The molecule has 1 aromatic carbocycles. The van der Waals surface area contributed by atoms with E-state index in [1.54, 1.807) is 7.11 Å². The minimum Gasteiger partial charge on any atom is -0.392 e. The highest BCUT2D eigenvalue weighted by molar-refractivity contribution is 7.89. The lowest BCUT2D eigenvalue weighted by molar-refractivity contribution is 0.107. The zero-order valence-electron chi connectivity index (χ0n) is 11.5. The van der Waals surface area contributed by atoms with Crippen LogP contribution in [0.1, 0.15) is 24.8 Å². The van der Waals surface area contributed by atoms with E-state index in [9.17, 15) is 17.2 Å². The van der Waals surface area contributed by atoms with Crippen molar-refractivity contribution in [2.45, 2.75) is 42.9 Å². The maximum absolute atomic E-state index is 13.7. The van der Waals surface area contributed by atoms with Crippen molar-refractivity contribution in [2.75, 3.05) is 7.11 Å². The highest BCUT2D eigenvalue weighted by Gasteiger charge is 2.30. The van der Waals surface area contributed by atoms with Gasteiger partial charge in [0.15, 0.2) is 11.6 Å². The van der Waals surface area contributed by atoms with E-state index in [0.717, 1.165) is 12.1 Å². The molecule has 0 saturated heterocycles. The Labute approximate surface area is 122 Å². The second-order valence-corrected chi connectivity index (χ2v) is 6.72. The number of hydrogen-bond acceptors (Lipinski definition) is 4. The molecule has 0 aromatic heterocycles. The highest BCUT2D eigenvalue weighted by Crippen LogP contribution is 2.25. The van der Waals surface area contributed by atoms with Crippen molar-refractivity contribution < 1.29 is 27.0 Å². The van der Waals surface area contributed by atoms with E-state index in [0.29, 0.717) is 19.3 Å². The fraction of sp³-hybridized carbons (Fsp3) is 0.538. The Morgan fingerprint density at radius 2 is 2.10 bits per heavy atom. The lowest BCUT2D eigenvalue weighted by Gasteiger charge is -2.14. The number of sulfonamides is 1. The summed E-state index contributed by atoms with van der Waals surface area (Å²) in [6.45, 7) is -0.575. The number of rotatable bonds is 5. The summed E-state index contributed by atoms with van der Waals surface area (Å²) >= 11 is 0. The van der Waals surface area contributed by atoms with Gasteiger partial charge in [0.1, 0.15) is 4.90 Å². The van der Waals surface area contributed by atoms with Gasteiger partial charge in [0, 0.05) is 13.2 Å². The Kier molecular flexibility index (Phi) is 4.92. The van der Waals surface area contributed by atoms with E-state index in [1.165, 1.54) is 0 Å². The number of aliphatic hydroxyl groups excluding tert-OH is 1. The van der Waals surface area contributed by atoms with Crippen molar-refractivity contribution in [3.05, 3.63) is 29.3 Å². The van der Waals surface area contributed by atoms with Crippen molar-refractivity contribution >= 4 is 10.0 Å². The molecule has 0 aliphatic heterocycles. The first-order chi connectivity index (χ1) is 9.87. The molecule has 2 N–H and O–H groups in total. The maximum atomic E-state index is 13.7. The molecule has 1 aliphatic carbocycles. The van der Waals surface area contributed by atoms with E-state index in [2.05, 4.69) is 4.72 Å². The molecular formula is C13H17F2NO4S. The Morgan fingerprint density at radius 3 is 2.67 bits per heavy atom. The topological polar surface area (TPSA) is 75.6 Å². The largest absolute Gasteiger partial charge is 0.392 e. The summed E-state index contributed by atoms with van der Waals surface area (Å²) in [5.41, 5.74) is -0.00420. The van der Waals surface area contributed by atoms with Gasteiger partial charge >= 0.3 is 0 Å². The van der Waals surface area contributed by atoms with Gasteiger partial charge in [0.05, 0.1) is 12.7 Å². The molecule has 0 amide bonds. The predicted octanol–water partition coefficient (Wildman–Crippen LogP) is 1.30. The number of methoxy groups -OCH3 is 1. The standard InChI is InChI=1S/C13H17F2NO4S/c1-20-10-3-2-9(6-10)16-21(18,19)12-5-8(7-17)4-11(14)13(12)15/h4-5,9-10,16-17H,2-3,6-7H2,1H3. The van der Waals surface area contributed by atoms with Gasteiger partial charge in [-0.2, -0.15) is 0 Å². The van der Waals surface area contributed by atoms with Crippen molar-refractivity contribution in [3.63, 3.8) is 0 Å². The lowest BCUT2D eigenvalue weighted by Crippen LogP contribution is -2.34. The number of aliphatic hydroxyl groups is 1. The average molecular weight is 321 g/mol. The quantitative estimate of drug-likeness (QED) is 0.857. The maximum Gasteiger partial charge on any atom is 0.243 e. The molecule has 0 heterocycles. The summed E-state index contributed by atoms with van der Waals surface area (Å²) in [6.07, 6.45) is 1.72. The molecule has 21 heavy (non-hydrogen) atoms. The number of benzene rings is 1. The van der Waals surface area contributed by atoms with Crippen LogP contribution in [0.3, 0.4) is 0 Å². The molecule has 5 nitrogen and oxygen atoms in total. The molecule has 0 bridgehead atoms. The van der Waals surface area contributed by atoms with Crippen LogP contribution in [0.5, 0.6) is 0 Å². The van der Waals surface area contributed by atoms with Crippen LogP contribution in [0.25, 0.3) is 0 Å². The summed E-state index contributed by atoms with van der Waals surface area (Å²) < 4.78 is 59.0. The van der Waals surface area contributed by atoms with Gasteiger partial charge < -0.3 is 9.84 Å². The molecule has 8 heteroatoms. The zero-order valence-corrected chi connectivity index (χ0v) is 12.3. The highest BCUT2D eigenvalue weighted by atomic mass is 32.2. The Hall–Kier alpha value is -1.09. The molecule has 1 aliphatic rings. The molecule has 1 saturated carbocycles. The van der Waals surface area contributed by atoms with Crippen LogP contribution < -0.4 is 4.72 Å². The van der Waals surface area contributed by atoms with Crippen molar-refractivity contribution in [3.8, 4) is 0 Å². The molecule has 2 unspecified atom stereocenters. The third-order valence-corrected chi connectivity index (χ3v) is 5.09. The first-order valence-corrected chi connectivity index (χ1v) is 7.99. The van der Waals surface area contributed by atoms with Gasteiger partial charge in [-0.25, -0.2) is 21.9 Å². The number of ether oxygens (including phenoxy) is 1. The lowest BCUT2D eigenvalue weighted by atomic mass is 10.2. The molecule has 1 aromatic rings. The van der Waals surface area contributed by atoms with Gasteiger partial charge in [-0.1, -0.05) is 0 Å². The third-order valence-electron chi connectivity index (χ3n) is 3.57. The van der Waals surface area contributed by atoms with E-state index in [-0.39, 0.29) is 17.7 Å². The Bertz CT molecular complexity index is 621. The molecule has 1 fully saturated rings. The van der Waals surface area contributed by atoms with Crippen LogP contribution in [0.15, 0.2) is 17.0 Å². The molecule has 0 radical (unpaired) electrons. The summed E-state index contributed by atoms with van der Waals surface area (Å²) in [6, 6.07) is 1.33. The van der Waals surface area contributed by atoms with Gasteiger partial charge in [-0.05, 0) is 37.0 Å². The van der Waals surface area contributed by atoms with Gasteiger partial charge in [0.25, 0.3) is 0 Å². The van der Waals surface area contributed by atoms with E-state index >= 15 is 0 Å². The van der Waals surface area contributed by atoms with Gasteiger partial charge in [-0.3, -0.25) is 0 Å². The fourth-order valence-corrected chi connectivity index (χ4v) is 3.87. The average Bonchev–Trinajstić information content (AvgIpc) is 2.88. The smallest absolute Gasteiger partial charge is 0.243 e. The molecule has 2 rings (SSSR count). The predicted molar refractivity (Wildman–Crippen MR) is 71.0 cm³/mol. The number of nitrogens with one attached hydrogen (secondary N) is 1. The van der Waals surface area contributed by atoms with Crippen molar-refractivity contribution in [2.24, 2.45) is 0 Å². The normalized spacial score (nSPS) is 22.7. The second kappa shape index (κ2) is 6.35. The summed E-state index contributed by atoms with van der Waals surface area (Å²) in [4.78, 5) is -0.785. The Balaban J connectivity index is 2.26. The van der Waals surface area contributed by atoms with Crippen molar-refractivity contribution in [1.82, 2.24) is 4.72 Å². The molecule has 2 atom stereocenters. The molecule has 118 valence electrons. The third kappa shape index (κ3) is 3.57.